The second kappa shape index (κ2) is 9.50. The van der Waals surface area contributed by atoms with Crippen molar-refractivity contribution in [3.63, 3.8) is 0 Å². The monoisotopic (exact) mass is 375 g/mol. The van der Waals surface area contributed by atoms with Gasteiger partial charge in [-0.25, -0.2) is 8.42 Å². The third-order valence-corrected chi connectivity index (χ3v) is 5.43. The fourth-order valence-corrected chi connectivity index (χ4v) is 3.60. The van der Waals surface area contributed by atoms with Gasteiger partial charge in [-0.15, -0.1) is 0 Å². The molecular weight excluding hydrogens is 350 g/mol. The summed E-state index contributed by atoms with van der Waals surface area (Å²) in [6.07, 6.45) is 1.87. The van der Waals surface area contributed by atoms with Crippen LogP contribution in [-0.2, 0) is 26.0 Å². The molecule has 0 saturated heterocycles. The minimum absolute atomic E-state index is 0.127. The molecule has 0 heterocycles. The molecule has 0 aliphatic rings. The van der Waals surface area contributed by atoms with Crippen molar-refractivity contribution in [3.8, 4) is 0 Å². The van der Waals surface area contributed by atoms with Crippen LogP contribution < -0.4 is 4.72 Å². The van der Waals surface area contributed by atoms with Crippen LogP contribution in [0.5, 0.6) is 0 Å². The Kier molecular flexibility index (Phi) is 7.36. The lowest BCUT2D eigenvalue weighted by Gasteiger charge is -2.18. The summed E-state index contributed by atoms with van der Waals surface area (Å²) in [5.41, 5.74) is 1.82. The van der Waals surface area contributed by atoms with Crippen LogP contribution in [0.4, 0.5) is 0 Å². The van der Waals surface area contributed by atoms with Gasteiger partial charge in [-0.3, -0.25) is 4.79 Å². The van der Waals surface area contributed by atoms with Gasteiger partial charge in [0.15, 0.2) is 0 Å². The minimum Gasteiger partial charge on any atom is -0.464 e. The number of hydrogen-bond donors (Lipinski definition) is 1. The molecular formula is C20H25NO4S. The molecule has 26 heavy (non-hydrogen) atoms. The molecule has 0 fully saturated rings. The highest BCUT2D eigenvalue weighted by Gasteiger charge is 2.27. The maximum Gasteiger partial charge on any atom is 0.324 e. The highest BCUT2D eigenvalue weighted by molar-refractivity contribution is 7.89. The van der Waals surface area contributed by atoms with Crippen LogP contribution in [0.15, 0.2) is 59.5 Å². The molecule has 2 aromatic rings. The summed E-state index contributed by atoms with van der Waals surface area (Å²) < 4.78 is 33.1. The van der Waals surface area contributed by atoms with Gasteiger partial charge in [0, 0.05) is 0 Å². The van der Waals surface area contributed by atoms with Crippen molar-refractivity contribution in [1.29, 1.82) is 0 Å². The second-order valence-electron chi connectivity index (χ2n) is 6.20. The van der Waals surface area contributed by atoms with Crippen molar-refractivity contribution in [2.24, 2.45) is 0 Å². The molecule has 1 N–H and O–H groups in total. The number of sulfonamides is 1. The van der Waals surface area contributed by atoms with E-state index in [1.807, 2.05) is 44.2 Å². The van der Waals surface area contributed by atoms with E-state index in [-0.39, 0.29) is 17.9 Å². The largest absolute Gasteiger partial charge is 0.464 e. The van der Waals surface area contributed by atoms with E-state index in [0.717, 1.165) is 24.0 Å². The summed E-state index contributed by atoms with van der Waals surface area (Å²) in [7, 11) is -3.82. The van der Waals surface area contributed by atoms with Crippen molar-refractivity contribution in [1.82, 2.24) is 4.72 Å². The Morgan fingerprint density at radius 3 is 2.35 bits per heavy atom. The molecule has 0 spiro atoms. The first kappa shape index (κ1) is 20.1. The van der Waals surface area contributed by atoms with Crippen LogP contribution in [0.3, 0.4) is 0 Å². The van der Waals surface area contributed by atoms with Crippen molar-refractivity contribution in [3.05, 3.63) is 65.7 Å². The Morgan fingerprint density at radius 2 is 1.73 bits per heavy atom. The third kappa shape index (κ3) is 5.97. The molecule has 0 aliphatic carbocycles. The molecule has 0 saturated carbocycles. The van der Waals surface area contributed by atoms with E-state index in [2.05, 4.69) is 4.72 Å². The van der Waals surface area contributed by atoms with E-state index in [1.54, 1.807) is 12.1 Å². The molecule has 0 aromatic heterocycles. The van der Waals surface area contributed by atoms with Crippen molar-refractivity contribution in [2.45, 2.75) is 44.0 Å². The van der Waals surface area contributed by atoms with Crippen LogP contribution in [-0.4, -0.2) is 27.0 Å². The van der Waals surface area contributed by atoms with Gasteiger partial charge in [-0.1, -0.05) is 61.4 Å². The molecule has 0 radical (unpaired) electrons. The first-order chi connectivity index (χ1) is 12.4. The van der Waals surface area contributed by atoms with E-state index >= 15 is 0 Å². The van der Waals surface area contributed by atoms with E-state index in [9.17, 15) is 13.2 Å². The number of aryl methyl sites for hydroxylation is 1. The molecule has 2 aromatic carbocycles. The lowest BCUT2D eigenvalue weighted by molar-refractivity contribution is -0.145. The zero-order valence-corrected chi connectivity index (χ0v) is 16.0. The summed E-state index contributed by atoms with van der Waals surface area (Å²) in [5, 5.41) is 0. The maximum atomic E-state index is 12.7. The van der Waals surface area contributed by atoms with Gasteiger partial charge in [0.05, 0.1) is 11.5 Å². The maximum absolute atomic E-state index is 12.7. The SMILES string of the molecule is CCCCOC(=O)[C@@H](Cc1ccccc1)NS(=O)(=O)c1ccc(C)cc1. The van der Waals surface area contributed by atoms with E-state index in [4.69, 9.17) is 4.74 Å². The van der Waals surface area contributed by atoms with Crippen molar-refractivity contribution < 1.29 is 17.9 Å². The first-order valence-corrected chi connectivity index (χ1v) is 10.2. The Bertz CT molecular complexity index is 801. The summed E-state index contributed by atoms with van der Waals surface area (Å²) in [5.74, 6) is -0.557. The predicted octanol–water partition coefficient (Wildman–Crippen LogP) is 3.23. The molecule has 140 valence electrons. The summed E-state index contributed by atoms with van der Waals surface area (Å²) in [6, 6.07) is 14.8. The van der Waals surface area contributed by atoms with Crippen LogP contribution in [0.25, 0.3) is 0 Å². The molecule has 0 amide bonds. The molecule has 0 unspecified atom stereocenters. The lowest BCUT2D eigenvalue weighted by atomic mass is 10.1. The number of rotatable bonds is 9. The first-order valence-electron chi connectivity index (χ1n) is 8.72. The number of esters is 1. The number of carbonyl (C=O) groups excluding carboxylic acids is 1. The number of benzene rings is 2. The number of ether oxygens (including phenoxy) is 1. The van der Waals surface area contributed by atoms with E-state index in [0.29, 0.717) is 0 Å². The van der Waals surface area contributed by atoms with Crippen LogP contribution >= 0.6 is 0 Å². The number of unbranched alkanes of at least 4 members (excludes halogenated alkanes) is 1. The van der Waals surface area contributed by atoms with Crippen molar-refractivity contribution in [2.75, 3.05) is 6.61 Å². The van der Waals surface area contributed by atoms with Gasteiger partial charge in [0.25, 0.3) is 0 Å². The smallest absolute Gasteiger partial charge is 0.324 e. The van der Waals surface area contributed by atoms with Crippen LogP contribution in [0.2, 0.25) is 0 Å². The fourth-order valence-electron chi connectivity index (χ4n) is 2.41. The van der Waals surface area contributed by atoms with Crippen LogP contribution in [0, 0.1) is 6.92 Å². The Balaban J connectivity index is 2.19. The fraction of sp³-hybridized carbons (Fsp3) is 0.350. The van der Waals surface area contributed by atoms with Gasteiger partial charge in [-0.2, -0.15) is 4.72 Å². The Labute approximate surface area is 155 Å². The minimum atomic E-state index is -3.82. The van der Waals surface area contributed by atoms with Gasteiger partial charge >= 0.3 is 5.97 Å². The Hall–Kier alpha value is -2.18. The molecule has 0 aliphatic heterocycles. The number of carbonyl (C=O) groups is 1. The predicted molar refractivity (Wildman–Crippen MR) is 101 cm³/mol. The van der Waals surface area contributed by atoms with Gasteiger partial charge in [0.1, 0.15) is 6.04 Å². The average Bonchev–Trinajstić information content (AvgIpc) is 2.62. The van der Waals surface area contributed by atoms with Crippen molar-refractivity contribution >= 4 is 16.0 Å². The average molecular weight is 375 g/mol. The third-order valence-electron chi connectivity index (χ3n) is 3.94. The lowest BCUT2D eigenvalue weighted by Crippen LogP contribution is -2.43. The highest BCUT2D eigenvalue weighted by atomic mass is 32.2. The van der Waals surface area contributed by atoms with Gasteiger partial charge in [0.2, 0.25) is 10.0 Å². The standard InChI is InChI=1S/C20H25NO4S/c1-3-4-14-25-20(22)19(15-17-8-6-5-7-9-17)21-26(23,24)18-12-10-16(2)11-13-18/h5-13,19,21H,3-4,14-15H2,1-2H3/t19-/m1/s1. The summed E-state index contributed by atoms with van der Waals surface area (Å²) in [4.78, 5) is 12.6. The molecule has 0 bridgehead atoms. The van der Waals surface area contributed by atoms with Gasteiger partial charge < -0.3 is 4.74 Å². The molecule has 5 nitrogen and oxygen atoms in total. The second-order valence-corrected chi connectivity index (χ2v) is 7.91. The highest BCUT2D eigenvalue weighted by Crippen LogP contribution is 2.13. The van der Waals surface area contributed by atoms with Gasteiger partial charge in [-0.05, 0) is 37.5 Å². The van der Waals surface area contributed by atoms with E-state index < -0.39 is 22.0 Å². The normalized spacial score (nSPS) is 12.5. The zero-order chi connectivity index (χ0) is 19.0. The quantitative estimate of drug-likeness (QED) is 0.539. The molecule has 6 heteroatoms. The van der Waals surface area contributed by atoms with E-state index in [1.165, 1.54) is 12.1 Å². The molecule has 1 atom stereocenters. The summed E-state index contributed by atoms with van der Waals surface area (Å²) in [6.45, 7) is 4.16. The number of nitrogens with one attached hydrogen (secondary N) is 1. The Morgan fingerprint density at radius 1 is 1.08 bits per heavy atom. The number of hydrogen-bond acceptors (Lipinski definition) is 4. The van der Waals surface area contributed by atoms with Crippen LogP contribution in [0.1, 0.15) is 30.9 Å². The zero-order valence-electron chi connectivity index (χ0n) is 15.1. The topological polar surface area (TPSA) is 72.5 Å². The molecule has 2 rings (SSSR count). The summed E-state index contributed by atoms with van der Waals surface area (Å²) >= 11 is 0.